The molecular formula is C9H7N3O2S. The Hall–Kier alpha value is -1.96. The van der Waals surface area contributed by atoms with Gasteiger partial charge in [-0.1, -0.05) is 29.2 Å². The van der Waals surface area contributed by atoms with E-state index in [9.17, 15) is 8.42 Å². The molecule has 0 aliphatic carbocycles. The lowest BCUT2D eigenvalue weighted by atomic mass is 10.4. The molecule has 1 aromatic carbocycles. The van der Waals surface area contributed by atoms with Gasteiger partial charge >= 0.3 is 0 Å². The van der Waals surface area contributed by atoms with Crippen LogP contribution in [0, 0.1) is 11.2 Å². The third kappa shape index (κ3) is 3.35. The fourth-order valence-corrected chi connectivity index (χ4v) is 1.74. The van der Waals surface area contributed by atoms with Crippen LogP contribution < -0.4 is 0 Å². The second-order valence-corrected chi connectivity index (χ2v) is 4.17. The molecule has 0 aromatic heterocycles. The number of nitrogens with zero attached hydrogens (tertiary/aromatic N) is 3. The molecule has 15 heavy (non-hydrogen) atoms. The smallest absolute Gasteiger partial charge is 0.210 e. The Morgan fingerprint density at radius 2 is 2.00 bits per heavy atom. The van der Waals surface area contributed by atoms with Crippen LogP contribution in [0.25, 0.3) is 10.4 Å². The van der Waals surface area contributed by atoms with Crippen molar-refractivity contribution in [1.29, 1.82) is 0 Å². The summed E-state index contributed by atoms with van der Waals surface area (Å²) in [5.74, 6) is 2.27. The lowest BCUT2D eigenvalue weighted by Gasteiger charge is -1.93. The number of hydrogen-bond acceptors (Lipinski definition) is 3. The van der Waals surface area contributed by atoms with E-state index < -0.39 is 9.84 Å². The second-order valence-electron chi connectivity index (χ2n) is 2.48. The first-order valence-corrected chi connectivity index (χ1v) is 5.46. The average Bonchev–Trinajstić information content (AvgIpc) is 2.26. The van der Waals surface area contributed by atoms with Gasteiger partial charge in [-0.3, -0.25) is 0 Å². The van der Waals surface area contributed by atoms with Crippen LogP contribution in [0.1, 0.15) is 0 Å². The number of benzene rings is 1. The van der Waals surface area contributed by atoms with Crippen molar-refractivity contribution < 1.29 is 8.42 Å². The van der Waals surface area contributed by atoms with Gasteiger partial charge in [0.2, 0.25) is 9.84 Å². The normalized spacial score (nSPS) is 9.60. The van der Waals surface area contributed by atoms with Gasteiger partial charge in [0.25, 0.3) is 0 Å². The molecule has 0 amide bonds. The summed E-state index contributed by atoms with van der Waals surface area (Å²) in [5.41, 5.74) is 7.95. The van der Waals surface area contributed by atoms with Crippen molar-refractivity contribution in [3.63, 3.8) is 0 Å². The molecule has 0 heterocycles. The van der Waals surface area contributed by atoms with Crippen LogP contribution >= 0.6 is 0 Å². The van der Waals surface area contributed by atoms with Crippen LogP contribution in [-0.4, -0.2) is 15.0 Å². The summed E-state index contributed by atoms with van der Waals surface area (Å²) >= 11 is 0. The monoisotopic (exact) mass is 221 g/mol. The van der Waals surface area contributed by atoms with Crippen molar-refractivity contribution in [2.45, 2.75) is 4.90 Å². The molecule has 0 N–H and O–H groups in total. The molecule has 0 unspecified atom stereocenters. The Labute approximate surface area is 87.3 Å². The van der Waals surface area contributed by atoms with E-state index in [1.165, 1.54) is 12.1 Å². The van der Waals surface area contributed by atoms with Gasteiger partial charge in [0.15, 0.2) is 0 Å². The highest BCUT2D eigenvalue weighted by Crippen LogP contribution is 2.08. The summed E-state index contributed by atoms with van der Waals surface area (Å²) < 4.78 is 23.0. The largest absolute Gasteiger partial charge is 0.245 e. The maximum Gasteiger partial charge on any atom is 0.245 e. The van der Waals surface area contributed by atoms with Crippen molar-refractivity contribution in [1.82, 2.24) is 0 Å². The zero-order chi connectivity index (χ0) is 11.1. The molecule has 0 aliphatic rings. The van der Waals surface area contributed by atoms with Crippen LogP contribution in [0.2, 0.25) is 0 Å². The topological polar surface area (TPSA) is 82.9 Å². The van der Waals surface area contributed by atoms with E-state index in [2.05, 4.69) is 21.2 Å². The molecule has 1 rings (SSSR count). The second kappa shape index (κ2) is 5.05. The van der Waals surface area contributed by atoms with Crippen LogP contribution in [0.15, 0.2) is 40.3 Å². The van der Waals surface area contributed by atoms with Crippen LogP contribution in [0.3, 0.4) is 0 Å². The number of rotatable bonds is 2. The van der Waals surface area contributed by atoms with E-state index in [1.54, 1.807) is 18.2 Å². The standard InChI is InChI=1S/C9H7N3O2S/c10-12-11-7-4-8-15(13,14)9-5-2-1-3-6-9/h1-3,5-6H,7H2. The molecule has 0 fully saturated rings. The summed E-state index contributed by atoms with van der Waals surface area (Å²) in [6, 6.07) is 7.85. The SMILES string of the molecule is [N-]=[N+]=NCC#CS(=O)(=O)c1ccccc1. The Morgan fingerprint density at radius 3 is 2.60 bits per heavy atom. The zero-order valence-electron chi connectivity index (χ0n) is 7.66. The molecule has 5 nitrogen and oxygen atoms in total. The highest BCUT2D eigenvalue weighted by molar-refractivity contribution is 7.96. The summed E-state index contributed by atoms with van der Waals surface area (Å²) in [6.45, 7) is -0.150. The van der Waals surface area contributed by atoms with Gasteiger partial charge < -0.3 is 0 Å². The fraction of sp³-hybridized carbons (Fsp3) is 0.111. The van der Waals surface area contributed by atoms with Gasteiger partial charge in [0, 0.05) is 10.2 Å². The number of sulfone groups is 1. The van der Waals surface area contributed by atoms with E-state index >= 15 is 0 Å². The van der Waals surface area contributed by atoms with Gasteiger partial charge in [0.05, 0.1) is 11.4 Å². The van der Waals surface area contributed by atoms with Crippen molar-refractivity contribution in [2.75, 3.05) is 6.54 Å². The molecule has 1 aromatic rings. The fourth-order valence-electron chi connectivity index (χ4n) is 0.853. The molecule has 0 saturated carbocycles. The molecule has 0 radical (unpaired) electrons. The maximum absolute atomic E-state index is 11.5. The molecular weight excluding hydrogens is 214 g/mol. The minimum absolute atomic E-state index is 0.137. The quantitative estimate of drug-likeness (QED) is 0.250. The number of hydrogen-bond donors (Lipinski definition) is 0. The van der Waals surface area contributed by atoms with Crippen LogP contribution in [0.5, 0.6) is 0 Å². The molecule has 0 spiro atoms. The predicted molar refractivity (Wildman–Crippen MR) is 55.4 cm³/mol. The molecule has 0 saturated heterocycles. The van der Waals surface area contributed by atoms with Crippen LogP contribution in [0.4, 0.5) is 0 Å². The predicted octanol–water partition coefficient (Wildman–Crippen LogP) is 1.73. The first-order chi connectivity index (χ1) is 7.17. The minimum atomic E-state index is -3.59. The maximum atomic E-state index is 11.5. The molecule has 0 atom stereocenters. The lowest BCUT2D eigenvalue weighted by Crippen LogP contribution is -1.96. The summed E-state index contributed by atoms with van der Waals surface area (Å²) in [4.78, 5) is 2.59. The van der Waals surface area contributed by atoms with E-state index in [1.807, 2.05) is 0 Å². The Bertz CT molecular complexity index is 534. The first-order valence-electron chi connectivity index (χ1n) is 3.97. The Balaban J connectivity index is 2.93. The third-order valence-electron chi connectivity index (χ3n) is 1.47. The minimum Gasteiger partial charge on any atom is -0.210 e. The average molecular weight is 221 g/mol. The van der Waals surface area contributed by atoms with E-state index in [0.717, 1.165) is 0 Å². The van der Waals surface area contributed by atoms with Gasteiger partial charge in [-0.15, -0.1) is 0 Å². The summed E-state index contributed by atoms with van der Waals surface area (Å²) in [6.07, 6.45) is 0. The van der Waals surface area contributed by atoms with Gasteiger partial charge in [-0.25, -0.2) is 8.42 Å². The van der Waals surface area contributed by atoms with E-state index in [4.69, 9.17) is 5.53 Å². The molecule has 76 valence electrons. The Kier molecular flexibility index (Phi) is 3.75. The summed E-state index contributed by atoms with van der Waals surface area (Å²) in [7, 11) is -3.59. The van der Waals surface area contributed by atoms with Gasteiger partial charge in [-0.05, 0) is 17.7 Å². The van der Waals surface area contributed by atoms with Crippen LogP contribution in [-0.2, 0) is 9.84 Å². The Morgan fingerprint density at radius 1 is 1.33 bits per heavy atom. The van der Waals surface area contributed by atoms with Crippen molar-refractivity contribution in [3.8, 4) is 11.2 Å². The molecule has 0 bridgehead atoms. The van der Waals surface area contributed by atoms with Gasteiger partial charge in [-0.2, -0.15) is 0 Å². The third-order valence-corrected chi connectivity index (χ3v) is 2.78. The van der Waals surface area contributed by atoms with Gasteiger partial charge in [0.1, 0.15) is 0 Å². The van der Waals surface area contributed by atoms with Crippen molar-refractivity contribution in [2.24, 2.45) is 5.11 Å². The van der Waals surface area contributed by atoms with E-state index in [-0.39, 0.29) is 11.4 Å². The summed E-state index contributed by atoms with van der Waals surface area (Å²) in [5, 5.41) is 5.18. The zero-order valence-corrected chi connectivity index (χ0v) is 8.48. The van der Waals surface area contributed by atoms with Crippen molar-refractivity contribution >= 4 is 9.84 Å². The molecule has 6 heteroatoms. The highest BCUT2D eigenvalue weighted by Gasteiger charge is 2.08. The van der Waals surface area contributed by atoms with E-state index in [0.29, 0.717) is 0 Å². The highest BCUT2D eigenvalue weighted by atomic mass is 32.2. The first kappa shape index (κ1) is 11.1. The van der Waals surface area contributed by atoms with Crippen molar-refractivity contribution in [3.05, 3.63) is 40.8 Å². The lowest BCUT2D eigenvalue weighted by molar-refractivity contribution is 0.606. The number of azide groups is 1. The molecule has 0 aliphatic heterocycles.